The summed E-state index contributed by atoms with van der Waals surface area (Å²) in [5.74, 6) is 2.11. The maximum atomic E-state index is 5.81. The summed E-state index contributed by atoms with van der Waals surface area (Å²) in [6.45, 7) is 0. The van der Waals surface area contributed by atoms with Crippen molar-refractivity contribution in [2.75, 3.05) is 14.2 Å². The second kappa shape index (κ2) is 5.75. The fourth-order valence-electron chi connectivity index (χ4n) is 2.24. The summed E-state index contributed by atoms with van der Waals surface area (Å²) in [4.78, 5) is 0. The zero-order valence-corrected chi connectivity index (χ0v) is 12.0. The van der Waals surface area contributed by atoms with Crippen molar-refractivity contribution in [3.8, 4) is 34.1 Å². The quantitative estimate of drug-likeness (QED) is 0.698. The Balaban J connectivity index is 2.02. The fourth-order valence-corrected chi connectivity index (χ4v) is 2.24. The minimum absolute atomic E-state index is 0.520. The Labute approximate surface area is 123 Å². The van der Waals surface area contributed by atoms with E-state index >= 15 is 0 Å². The van der Waals surface area contributed by atoms with Gasteiger partial charge in [0.05, 0.1) is 19.8 Å². The standard InChI is InChI=1S/C18H16O3/c1-19-15-10-8-14(9-11-15)17-12-16(18(20-2)21-17)13-6-4-3-5-7-13/h3-12H,1-2H3. The first-order valence-electron chi connectivity index (χ1n) is 6.69. The summed E-state index contributed by atoms with van der Waals surface area (Å²) >= 11 is 0. The minimum Gasteiger partial charge on any atom is -0.497 e. The first kappa shape index (κ1) is 13.3. The summed E-state index contributed by atoms with van der Waals surface area (Å²) in [6.07, 6.45) is 0. The molecule has 3 aromatic rings. The van der Waals surface area contributed by atoms with Crippen LogP contribution in [0.5, 0.6) is 11.7 Å². The predicted molar refractivity (Wildman–Crippen MR) is 82.7 cm³/mol. The largest absolute Gasteiger partial charge is 0.497 e. The summed E-state index contributed by atoms with van der Waals surface area (Å²) in [6, 6.07) is 19.8. The molecule has 106 valence electrons. The maximum Gasteiger partial charge on any atom is 0.292 e. The molecule has 0 amide bonds. The topological polar surface area (TPSA) is 31.6 Å². The van der Waals surface area contributed by atoms with E-state index in [0.29, 0.717) is 5.95 Å². The lowest BCUT2D eigenvalue weighted by molar-refractivity contribution is 0.310. The van der Waals surface area contributed by atoms with Crippen molar-refractivity contribution in [1.82, 2.24) is 0 Å². The lowest BCUT2D eigenvalue weighted by atomic mass is 10.1. The number of hydrogen-bond acceptors (Lipinski definition) is 3. The van der Waals surface area contributed by atoms with Crippen molar-refractivity contribution in [3.63, 3.8) is 0 Å². The molecular formula is C18H16O3. The first-order valence-corrected chi connectivity index (χ1v) is 6.69. The highest BCUT2D eigenvalue weighted by Gasteiger charge is 2.14. The predicted octanol–water partition coefficient (Wildman–Crippen LogP) is 4.63. The molecule has 0 bridgehead atoms. The van der Waals surface area contributed by atoms with Crippen LogP contribution in [0.2, 0.25) is 0 Å². The van der Waals surface area contributed by atoms with Gasteiger partial charge in [0.15, 0.2) is 0 Å². The smallest absolute Gasteiger partial charge is 0.292 e. The Morgan fingerprint density at radius 1 is 0.762 bits per heavy atom. The Hall–Kier alpha value is -2.68. The fraction of sp³-hybridized carbons (Fsp3) is 0.111. The Kier molecular flexibility index (Phi) is 3.65. The number of ether oxygens (including phenoxy) is 2. The number of benzene rings is 2. The molecular weight excluding hydrogens is 264 g/mol. The van der Waals surface area contributed by atoms with Gasteiger partial charge in [0.1, 0.15) is 11.5 Å². The highest BCUT2D eigenvalue weighted by Crippen LogP contribution is 2.37. The molecule has 0 aliphatic rings. The molecule has 0 atom stereocenters. The molecule has 1 aromatic heterocycles. The minimum atomic E-state index is 0.520. The van der Waals surface area contributed by atoms with E-state index in [9.17, 15) is 0 Å². The van der Waals surface area contributed by atoms with Crippen LogP contribution >= 0.6 is 0 Å². The van der Waals surface area contributed by atoms with E-state index < -0.39 is 0 Å². The second-order valence-electron chi connectivity index (χ2n) is 4.61. The van der Waals surface area contributed by atoms with Crippen molar-refractivity contribution >= 4 is 0 Å². The van der Waals surface area contributed by atoms with Crippen molar-refractivity contribution in [2.45, 2.75) is 0 Å². The third-order valence-electron chi connectivity index (χ3n) is 3.34. The third-order valence-corrected chi connectivity index (χ3v) is 3.34. The Morgan fingerprint density at radius 2 is 1.48 bits per heavy atom. The molecule has 0 radical (unpaired) electrons. The molecule has 3 rings (SSSR count). The van der Waals surface area contributed by atoms with E-state index in [1.165, 1.54) is 0 Å². The highest BCUT2D eigenvalue weighted by atomic mass is 16.6. The maximum absolute atomic E-state index is 5.81. The van der Waals surface area contributed by atoms with Crippen LogP contribution in [0.4, 0.5) is 0 Å². The van der Waals surface area contributed by atoms with Crippen LogP contribution in [0.1, 0.15) is 0 Å². The van der Waals surface area contributed by atoms with E-state index in [0.717, 1.165) is 28.2 Å². The molecule has 0 spiro atoms. The van der Waals surface area contributed by atoms with Gasteiger partial charge >= 0.3 is 0 Å². The van der Waals surface area contributed by atoms with Crippen LogP contribution in [0.3, 0.4) is 0 Å². The Bertz CT molecular complexity index is 712. The zero-order valence-electron chi connectivity index (χ0n) is 12.0. The SMILES string of the molecule is COc1ccc(-c2cc(-c3ccccc3)c(OC)o2)cc1. The van der Waals surface area contributed by atoms with E-state index in [-0.39, 0.29) is 0 Å². The molecule has 0 fully saturated rings. The number of hydrogen-bond donors (Lipinski definition) is 0. The van der Waals surface area contributed by atoms with Crippen molar-refractivity contribution in [1.29, 1.82) is 0 Å². The van der Waals surface area contributed by atoms with Gasteiger partial charge in [0, 0.05) is 5.56 Å². The molecule has 21 heavy (non-hydrogen) atoms. The monoisotopic (exact) mass is 280 g/mol. The molecule has 2 aromatic carbocycles. The van der Waals surface area contributed by atoms with Crippen molar-refractivity contribution in [3.05, 3.63) is 60.7 Å². The van der Waals surface area contributed by atoms with Crippen LogP contribution in [0.25, 0.3) is 22.5 Å². The van der Waals surface area contributed by atoms with Crippen LogP contribution in [0, 0.1) is 0 Å². The molecule has 0 unspecified atom stereocenters. The van der Waals surface area contributed by atoms with Gasteiger partial charge in [-0.1, -0.05) is 30.3 Å². The Morgan fingerprint density at radius 3 is 2.10 bits per heavy atom. The van der Waals surface area contributed by atoms with Gasteiger partial charge in [0.2, 0.25) is 0 Å². The van der Waals surface area contributed by atoms with Gasteiger partial charge in [0.25, 0.3) is 5.95 Å². The molecule has 0 N–H and O–H groups in total. The zero-order chi connectivity index (χ0) is 14.7. The van der Waals surface area contributed by atoms with E-state index in [2.05, 4.69) is 0 Å². The third kappa shape index (κ3) is 2.63. The summed E-state index contributed by atoms with van der Waals surface area (Å²) in [5.41, 5.74) is 3.00. The molecule has 1 heterocycles. The molecule has 0 saturated carbocycles. The van der Waals surface area contributed by atoms with Crippen molar-refractivity contribution in [2.24, 2.45) is 0 Å². The molecule has 3 heteroatoms. The van der Waals surface area contributed by atoms with E-state index in [1.54, 1.807) is 14.2 Å². The summed E-state index contributed by atoms with van der Waals surface area (Å²) in [5, 5.41) is 0. The van der Waals surface area contributed by atoms with Crippen molar-refractivity contribution < 1.29 is 13.9 Å². The average Bonchev–Trinajstić information content (AvgIpc) is 3.00. The second-order valence-corrected chi connectivity index (χ2v) is 4.61. The van der Waals surface area contributed by atoms with Gasteiger partial charge in [-0.05, 0) is 35.9 Å². The number of rotatable bonds is 4. The lowest BCUT2D eigenvalue weighted by Crippen LogP contribution is -1.82. The van der Waals surface area contributed by atoms with Gasteiger partial charge < -0.3 is 13.9 Å². The summed E-state index contributed by atoms with van der Waals surface area (Å²) in [7, 11) is 3.27. The van der Waals surface area contributed by atoms with E-state index in [1.807, 2.05) is 60.7 Å². The molecule has 0 saturated heterocycles. The van der Waals surface area contributed by atoms with Crippen LogP contribution < -0.4 is 9.47 Å². The lowest BCUT2D eigenvalue weighted by Gasteiger charge is -2.00. The van der Waals surface area contributed by atoms with Crippen LogP contribution in [-0.4, -0.2) is 14.2 Å². The van der Waals surface area contributed by atoms with Gasteiger partial charge in [-0.25, -0.2) is 0 Å². The number of methoxy groups -OCH3 is 2. The average molecular weight is 280 g/mol. The van der Waals surface area contributed by atoms with Crippen LogP contribution in [-0.2, 0) is 0 Å². The van der Waals surface area contributed by atoms with Gasteiger partial charge in [-0.3, -0.25) is 0 Å². The number of furan rings is 1. The van der Waals surface area contributed by atoms with E-state index in [4.69, 9.17) is 13.9 Å². The van der Waals surface area contributed by atoms with Gasteiger partial charge in [-0.15, -0.1) is 0 Å². The first-order chi connectivity index (χ1) is 10.3. The van der Waals surface area contributed by atoms with Crippen LogP contribution in [0.15, 0.2) is 65.1 Å². The molecule has 0 aliphatic carbocycles. The molecule has 3 nitrogen and oxygen atoms in total. The highest BCUT2D eigenvalue weighted by molar-refractivity contribution is 5.74. The summed E-state index contributed by atoms with van der Waals surface area (Å²) < 4.78 is 16.3. The molecule has 0 aliphatic heterocycles. The normalized spacial score (nSPS) is 10.4. The van der Waals surface area contributed by atoms with Gasteiger partial charge in [-0.2, -0.15) is 0 Å².